The van der Waals surface area contributed by atoms with E-state index in [0.717, 1.165) is 30.5 Å². The van der Waals surface area contributed by atoms with Gasteiger partial charge in [-0.25, -0.2) is 4.39 Å². The van der Waals surface area contributed by atoms with E-state index in [2.05, 4.69) is 15.8 Å². The SMILES string of the molecule is CNC.O=C1C2=C3O[C@]34C(=O)c3c(OCc5ccccc5)noc3C[C@@H]4CC2Cc2c(F)c(C3CCCN3)cc(OCc3ccccc3)c21. The van der Waals surface area contributed by atoms with Crippen LogP contribution in [0.5, 0.6) is 11.6 Å². The van der Waals surface area contributed by atoms with Gasteiger partial charge in [0.1, 0.15) is 30.3 Å². The zero-order valence-corrected chi connectivity index (χ0v) is 27.5. The summed E-state index contributed by atoms with van der Waals surface area (Å²) in [4.78, 5) is 28.6. The lowest BCUT2D eigenvalue weighted by molar-refractivity contribution is 0.0734. The Bertz CT molecular complexity index is 1950. The first-order valence-electron chi connectivity index (χ1n) is 17.0. The third kappa shape index (κ3) is 5.25. The maximum absolute atomic E-state index is 16.4. The standard InChI is InChI=1S/C37H31FN2O6.C2H7N/c38-32-24(26-12-7-13-39-26)17-27(43-18-20-8-3-1-4-9-20)30-25(32)15-22-14-23-16-28-31(34(42)37(23)35(45-37)29(22)33(30)41)36(40-46-28)44-19-21-10-5-2-6-11-21;1-3-2/h1-6,8-11,17,22-23,26,39H,7,12-16,18-19H2;3H,1-2H3/t22?,23-,26?,37+;/m0./s1. The molecule has 2 fully saturated rings. The molecule has 9 rings (SSSR count). The topological polar surface area (TPSA) is 115 Å². The van der Waals surface area contributed by atoms with Crippen molar-refractivity contribution in [3.05, 3.63) is 123 Å². The fourth-order valence-electron chi connectivity index (χ4n) is 8.00. The molecule has 5 aliphatic rings. The molecule has 9 nitrogen and oxygen atoms in total. The van der Waals surface area contributed by atoms with Crippen molar-refractivity contribution in [2.75, 3.05) is 20.6 Å². The molecule has 3 heterocycles. The molecule has 2 saturated heterocycles. The zero-order chi connectivity index (χ0) is 33.7. The summed E-state index contributed by atoms with van der Waals surface area (Å²) >= 11 is 0. The molecule has 252 valence electrons. The number of nitrogens with zero attached hydrogens (tertiary/aromatic N) is 1. The average Bonchev–Trinajstić information content (AvgIpc) is 3.41. The van der Waals surface area contributed by atoms with E-state index < -0.39 is 5.60 Å². The van der Waals surface area contributed by atoms with Crippen molar-refractivity contribution >= 4 is 11.6 Å². The van der Waals surface area contributed by atoms with E-state index in [1.165, 1.54) is 0 Å². The fraction of sp³-hybridized carbons (Fsp3) is 0.359. The molecule has 0 bridgehead atoms. The van der Waals surface area contributed by atoms with Gasteiger partial charge >= 0.3 is 0 Å². The number of fused-ring (bicyclic) bond motifs is 3. The van der Waals surface area contributed by atoms with Gasteiger partial charge in [0, 0.05) is 35.1 Å². The minimum atomic E-state index is -1.25. The number of Topliss-reactive ketones (excluding diaryl/α,β-unsaturated/α-hetero) is 2. The predicted molar refractivity (Wildman–Crippen MR) is 178 cm³/mol. The number of ether oxygens (including phenoxy) is 3. The van der Waals surface area contributed by atoms with Crippen molar-refractivity contribution in [3.63, 3.8) is 0 Å². The Hall–Kier alpha value is -4.80. The van der Waals surface area contributed by atoms with E-state index in [4.69, 9.17) is 18.7 Å². The van der Waals surface area contributed by atoms with E-state index in [0.29, 0.717) is 53.2 Å². The molecule has 3 aromatic carbocycles. The zero-order valence-electron chi connectivity index (χ0n) is 27.5. The number of aromatic nitrogens is 1. The van der Waals surface area contributed by atoms with E-state index >= 15 is 4.39 Å². The highest BCUT2D eigenvalue weighted by atomic mass is 19.1. The highest BCUT2D eigenvalue weighted by Crippen LogP contribution is 2.63. The minimum absolute atomic E-state index is 0.130. The molecule has 0 radical (unpaired) electrons. The second-order valence-electron chi connectivity index (χ2n) is 13.4. The molecule has 4 aromatic rings. The number of ketones is 2. The summed E-state index contributed by atoms with van der Waals surface area (Å²) in [5, 5.41) is 10.2. The first-order valence-corrected chi connectivity index (χ1v) is 17.0. The summed E-state index contributed by atoms with van der Waals surface area (Å²) in [6.07, 6.45) is 3.00. The monoisotopic (exact) mass is 663 g/mol. The maximum Gasteiger partial charge on any atom is 0.265 e. The molecule has 10 heteroatoms. The van der Waals surface area contributed by atoms with Crippen molar-refractivity contribution in [2.45, 2.75) is 57.0 Å². The minimum Gasteiger partial charge on any atom is -0.488 e. The fourth-order valence-corrected chi connectivity index (χ4v) is 8.00. The first kappa shape index (κ1) is 31.5. The maximum atomic E-state index is 16.4. The van der Waals surface area contributed by atoms with E-state index in [-0.39, 0.29) is 65.5 Å². The molecule has 2 N–H and O–H groups in total. The van der Waals surface area contributed by atoms with Crippen LogP contribution in [0, 0.1) is 17.7 Å². The van der Waals surface area contributed by atoms with Gasteiger partial charge in [0.15, 0.2) is 17.3 Å². The molecule has 1 aromatic heterocycles. The number of halogens is 1. The highest BCUT2D eigenvalue weighted by molar-refractivity contribution is 6.17. The lowest BCUT2D eigenvalue weighted by Gasteiger charge is -2.35. The van der Waals surface area contributed by atoms with E-state index in [9.17, 15) is 9.59 Å². The van der Waals surface area contributed by atoms with E-state index in [1.54, 1.807) is 6.07 Å². The average molecular weight is 664 g/mol. The van der Waals surface area contributed by atoms with Crippen LogP contribution in [0.2, 0.25) is 0 Å². The van der Waals surface area contributed by atoms with Crippen LogP contribution in [-0.2, 0) is 30.8 Å². The third-order valence-electron chi connectivity index (χ3n) is 10.2. The number of hydrogen-bond acceptors (Lipinski definition) is 9. The van der Waals surface area contributed by atoms with Gasteiger partial charge < -0.3 is 29.4 Å². The van der Waals surface area contributed by atoms with Crippen LogP contribution in [-0.4, -0.2) is 43.0 Å². The number of rotatable bonds is 7. The van der Waals surface area contributed by atoms with Crippen molar-refractivity contribution in [3.8, 4) is 11.6 Å². The van der Waals surface area contributed by atoms with Crippen molar-refractivity contribution in [1.29, 1.82) is 0 Å². The van der Waals surface area contributed by atoms with Gasteiger partial charge in [-0.2, -0.15) is 0 Å². The van der Waals surface area contributed by atoms with Crippen LogP contribution in [0.25, 0.3) is 0 Å². The Balaban J connectivity index is 0.00000112. The van der Waals surface area contributed by atoms with Gasteiger partial charge in [0.25, 0.3) is 5.88 Å². The summed E-state index contributed by atoms with van der Waals surface area (Å²) in [6, 6.07) is 20.9. The lowest BCUT2D eigenvalue weighted by Crippen LogP contribution is -2.44. The van der Waals surface area contributed by atoms with E-state index in [1.807, 2.05) is 74.8 Å². The van der Waals surface area contributed by atoms with Crippen LogP contribution >= 0.6 is 0 Å². The highest BCUT2D eigenvalue weighted by Gasteiger charge is 2.72. The Morgan fingerprint density at radius 2 is 1.67 bits per heavy atom. The molecule has 2 unspecified atom stereocenters. The lowest BCUT2D eigenvalue weighted by atomic mass is 9.63. The van der Waals surface area contributed by atoms with Crippen LogP contribution in [0.1, 0.15) is 74.0 Å². The third-order valence-corrected chi connectivity index (χ3v) is 10.2. The summed E-state index contributed by atoms with van der Waals surface area (Å²) in [5.41, 5.74) is 2.52. The van der Waals surface area contributed by atoms with Crippen LogP contribution < -0.4 is 20.1 Å². The first-order chi connectivity index (χ1) is 23.9. The Kier molecular flexibility index (Phi) is 8.08. The molecule has 3 aliphatic carbocycles. The number of benzene rings is 3. The van der Waals surface area contributed by atoms with Gasteiger partial charge in [-0.05, 0) is 74.6 Å². The van der Waals surface area contributed by atoms with Crippen LogP contribution in [0.4, 0.5) is 4.39 Å². The summed E-state index contributed by atoms with van der Waals surface area (Å²) in [5.74, 6) is -0.151. The van der Waals surface area contributed by atoms with Crippen LogP contribution in [0.3, 0.4) is 0 Å². The predicted octanol–water partition coefficient (Wildman–Crippen LogP) is 6.07. The van der Waals surface area contributed by atoms with Crippen molar-refractivity contribution < 1.29 is 32.7 Å². The van der Waals surface area contributed by atoms with Gasteiger partial charge in [0.05, 0.1) is 5.56 Å². The Morgan fingerprint density at radius 3 is 2.35 bits per heavy atom. The number of hydrogen-bond donors (Lipinski definition) is 2. The number of allylic oxidation sites excluding steroid dienone is 1. The number of carbonyl (C=O) groups is 2. The van der Waals surface area contributed by atoms with Gasteiger partial charge in [-0.1, -0.05) is 60.7 Å². The van der Waals surface area contributed by atoms with Gasteiger partial charge in [-0.15, -0.1) is 0 Å². The molecule has 2 aliphatic heterocycles. The quantitative estimate of drug-likeness (QED) is 0.228. The smallest absolute Gasteiger partial charge is 0.265 e. The van der Waals surface area contributed by atoms with Gasteiger partial charge in [-0.3, -0.25) is 9.59 Å². The molecular formula is C39H38FN3O6. The summed E-state index contributed by atoms with van der Waals surface area (Å²) < 4.78 is 40.5. The molecule has 1 spiro atoms. The largest absolute Gasteiger partial charge is 0.488 e. The molecule has 49 heavy (non-hydrogen) atoms. The number of epoxide rings is 1. The Labute approximate surface area is 283 Å². The van der Waals surface area contributed by atoms with Gasteiger partial charge in [0.2, 0.25) is 11.4 Å². The summed E-state index contributed by atoms with van der Waals surface area (Å²) in [6.45, 7) is 1.28. The second kappa shape index (κ2) is 12.6. The van der Waals surface area contributed by atoms with Crippen molar-refractivity contribution in [2.24, 2.45) is 11.8 Å². The number of nitrogens with one attached hydrogen (secondary N) is 2. The molecule has 0 saturated carbocycles. The molecule has 0 amide bonds. The number of carbonyl (C=O) groups excluding carboxylic acids is 2. The molecule has 4 atom stereocenters. The van der Waals surface area contributed by atoms with Crippen LogP contribution in [0.15, 0.2) is 82.6 Å². The normalized spacial score (nSPS) is 24.3. The second-order valence-corrected chi connectivity index (χ2v) is 13.4. The molecular weight excluding hydrogens is 625 g/mol. The summed E-state index contributed by atoms with van der Waals surface area (Å²) in [7, 11) is 3.75. The van der Waals surface area contributed by atoms with Crippen molar-refractivity contribution in [1.82, 2.24) is 15.8 Å². The Morgan fingerprint density at radius 1 is 0.980 bits per heavy atom.